The van der Waals surface area contributed by atoms with Crippen molar-refractivity contribution >= 4 is 33.4 Å². The minimum Gasteiger partial charge on any atom is -0.465 e. The van der Waals surface area contributed by atoms with E-state index in [1.165, 1.54) is 4.31 Å². The molecule has 1 heterocycles. The molecule has 0 amide bonds. The van der Waals surface area contributed by atoms with E-state index in [9.17, 15) is 8.42 Å². The summed E-state index contributed by atoms with van der Waals surface area (Å²) in [6, 6.07) is 0. The van der Waals surface area contributed by atoms with Crippen LogP contribution in [-0.2, 0) is 15.9 Å². The fourth-order valence-electron chi connectivity index (χ4n) is 1.70. The highest BCUT2D eigenvalue weighted by Crippen LogP contribution is 2.29. The Morgan fingerprint density at radius 1 is 1.33 bits per heavy atom. The summed E-state index contributed by atoms with van der Waals surface area (Å²) in [5.41, 5.74) is 0.560. The lowest BCUT2D eigenvalue weighted by molar-refractivity contribution is 0.475. The van der Waals surface area contributed by atoms with Gasteiger partial charge in [-0.2, -0.15) is 16.1 Å². The zero-order chi connectivity index (χ0) is 13.9. The summed E-state index contributed by atoms with van der Waals surface area (Å²) in [5.74, 6) is 1.86. The Bertz CT molecular complexity index is 511. The van der Waals surface area contributed by atoms with Gasteiger partial charge < -0.3 is 4.42 Å². The normalized spacial score (nSPS) is 12.3. The van der Waals surface area contributed by atoms with Gasteiger partial charge >= 0.3 is 0 Å². The third-order valence-electron chi connectivity index (χ3n) is 2.74. The minimum atomic E-state index is -3.52. The summed E-state index contributed by atoms with van der Waals surface area (Å²) in [6.07, 6.45) is 1.94. The first-order chi connectivity index (χ1) is 8.36. The van der Waals surface area contributed by atoms with Gasteiger partial charge in [0.25, 0.3) is 0 Å². The molecule has 0 bridgehead atoms. The van der Waals surface area contributed by atoms with Gasteiger partial charge in [0.1, 0.15) is 16.4 Å². The van der Waals surface area contributed by atoms with E-state index >= 15 is 0 Å². The van der Waals surface area contributed by atoms with E-state index in [4.69, 9.17) is 16.0 Å². The van der Waals surface area contributed by atoms with Crippen LogP contribution in [0.1, 0.15) is 17.1 Å². The average molecular weight is 312 g/mol. The van der Waals surface area contributed by atoms with Crippen molar-refractivity contribution < 1.29 is 12.8 Å². The predicted molar refractivity (Wildman–Crippen MR) is 75.9 cm³/mol. The maximum Gasteiger partial charge on any atom is 0.246 e. The van der Waals surface area contributed by atoms with Crippen molar-refractivity contribution in [1.82, 2.24) is 4.31 Å². The van der Waals surface area contributed by atoms with Crippen LogP contribution in [0.5, 0.6) is 0 Å². The van der Waals surface area contributed by atoms with Crippen LogP contribution in [0.25, 0.3) is 0 Å². The molecule has 18 heavy (non-hydrogen) atoms. The van der Waals surface area contributed by atoms with Crippen LogP contribution in [0.15, 0.2) is 9.31 Å². The van der Waals surface area contributed by atoms with Crippen molar-refractivity contribution in [2.24, 2.45) is 0 Å². The zero-order valence-corrected chi connectivity index (χ0v) is 13.4. The molecule has 1 rings (SSSR count). The summed E-state index contributed by atoms with van der Waals surface area (Å²) in [6.45, 7) is 3.85. The molecular weight excluding hydrogens is 294 g/mol. The smallest absolute Gasteiger partial charge is 0.246 e. The molecule has 0 unspecified atom stereocenters. The molecule has 0 aliphatic carbocycles. The SMILES string of the molecule is CSCCN(C)S(=O)(=O)c1c(C)oc(C)c1CCl. The van der Waals surface area contributed by atoms with E-state index in [-0.39, 0.29) is 10.8 Å². The summed E-state index contributed by atoms with van der Waals surface area (Å²) in [5, 5.41) is 0. The largest absolute Gasteiger partial charge is 0.465 e. The first kappa shape index (κ1) is 15.9. The van der Waals surface area contributed by atoms with Gasteiger partial charge in [0.15, 0.2) is 0 Å². The van der Waals surface area contributed by atoms with E-state index in [0.717, 1.165) is 5.75 Å². The Kier molecular flexibility index (Phi) is 5.58. The number of rotatable bonds is 6. The molecule has 0 N–H and O–H groups in total. The summed E-state index contributed by atoms with van der Waals surface area (Å²) in [7, 11) is -1.95. The number of alkyl halides is 1. The highest BCUT2D eigenvalue weighted by atomic mass is 35.5. The maximum atomic E-state index is 12.4. The Morgan fingerprint density at radius 2 is 1.94 bits per heavy atom. The first-order valence-corrected chi connectivity index (χ1v) is 8.83. The highest BCUT2D eigenvalue weighted by Gasteiger charge is 2.29. The predicted octanol–water partition coefficient (Wildman–Crippen LogP) is 2.62. The summed E-state index contributed by atoms with van der Waals surface area (Å²) in [4.78, 5) is 0.221. The fourth-order valence-corrected chi connectivity index (χ4v) is 4.25. The van der Waals surface area contributed by atoms with Crippen LogP contribution in [0.4, 0.5) is 0 Å². The van der Waals surface area contributed by atoms with Gasteiger partial charge in [-0.25, -0.2) is 8.42 Å². The molecule has 0 spiro atoms. The van der Waals surface area contributed by atoms with Crippen LogP contribution < -0.4 is 0 Å². The minimum absolute atomic E-state index is 0.133. The molecule has 104 valence electrons. The maximum absolute atomic E-state index is 12.4. The monoisotopic (exact) mass is 311 g/mol. The molecule has 1 aromatic heterocycles. The van der Waals surface area contributed by atoms with Crippen LogP contribution in [0, 0.1) is 13.8 Å². The van der Waals surface area contributed by atoms with E-state index in [1.807, 2.05) is 6.26 Å². The molecule has 0 radical (unpaired) electrons. The Balaban J connectivity index is 3.20. The Hall–Kier alpha value is -0.170. The van der Waals surface area contributed by atoms with Crippen molar-refractivity contribution in [2.45, 2.75) is 24.6 Å². The molecule has 0 saturated carbocycles. The number of halogens is 1. The number of hydrogen-bond donors (Lipinski definition) is 0. The second-order valence-electron chi connectivity index (χ2n) is 3.98. The average Bonchev–Trinajstić information content (AvgIpc) is 2.60. The van der Waals surface area contributed by atoms with Gasteiger partial charge in [-0.1, -0.05) is 0 Å². The van der Waals surface area contributed by atoms with E-state index < -0.39 is 10.0 Å². The first-order valence-electron chi connectivity index (χ1n) is 5.46. The lowest BCUT2D eigenvalue weighted by Crippen LogP contribution is -2.29. The molecular formula is C11H18ClNO3S2. The van der Waals surface area contributed by atoms with Gasteiger partial charge in [-0.15, -0.1) is 11.6 Å². The highest BCUT2D eigenvalue weighted by molar-refractivity contribution is 7.98. The quantitative estimate of drug-likeness (QED) is 0.758. The third kappa shape index (κ3) is 3.04. The number of furan rings is 1. The van der Waals surface area contributed by atoms with Crippen molar-refractivity contribution in [2.75, 3.05) is 25.6 Å². The standard InChI is InChI=1S/C11H18ClNO3S2/c1-8-10(7-12)11(9(2)16-8)18(14,15)13(3)5-6-17-4/h5-7H2,1-4H3. The lowest BCUT2D eigenvalue weighted by Gasteiger charge is -2.16. The molecule has 0 aliphatic heterocycles. The molecule has 1 aromatic rings. The van der Waals surface area contributed by atoms with Crippen molar-refractivity contribution in [3.63, 3.8) is 0 Å². The zero-order valence-electron chi connectivity index (χ0n) is 11.0. The molecule has 4 nitrogen and oxygen atoms in total. The Labute approximate surface area is 118 Å². The van der Waals surface area contributed by atoms with Crippen molar-refractivity contribution in [3.05, 3.63) is 17.1 Å². The van der Waals surface area contributed by atoms with Crippen LogP contribution in [0.2, 0.25) is 0 Å². The topological polar surface area (TPSA) is 50.5 Å². The second-order valence-corrected chi connectivity index (χ2v) is 7.21. The molecule has 0 aliphatic rings. The van der Waals surface area contributed by atoms with E-state index in [2.05, 4.69) is 0 Å². The second kappa shape index (κ2) is 6.32. The fraction of sp³-hybridized carbons (Fsp3) is 0.636. The van der Waals surface area contributed by atoms with Gasteiger partial charge in [0.05, 0.1) is 5.88 Å². The van der Waals surface area contributed by atoms with Gasteiger partial charge in [-0.05, 0) is 20.1 Å². The summed E-state index contributed by atoms with van der Waals surface area (Å²) >= 11 is 7.42. The van der Waals surface area contributed by atoms with Crippen molar-refractivity contribution in [3.8, 4) is 0 Å². The molecule has 7 heteroatoms. The Morgan fingerprint density at radius 3 is 2.44 bits per heavy atom. The molecule has 0 fully saturated rings. The molecule has 0 saturated heterocycles. The number of nitrogens with zero attached hydrogens (tertiary/aromatic N) is 1. The van der Waals surface area contributed by atoms with Gasteiger partial charge in [0, 0.05) is 24.9 Å². The van der Waals surface area contributed by atoms with Crippen LogP contribution in [-0.4, -0.2) is 38.3 Å². The lowest BCUT2D eigenvalue weighted by atomic mass is 10.3. The number of aryl methyl sites for hydroxylation is 2. The van der Waals surface area contributed by atoms with Crippen molar-refractivity contribution in [1.29, 1.82) is 0 Å². The number of sulfonamides is 1. The molecule has 0 aromatic carbocycles. The molecule has 0 atom stereocenters. The van der Waals surface area contributed by atoms with E-state index in [1.54, 1.807) is 32.7 Å². The number of hydrogen-bond acceptors (Lipinski definition) is 4. The van der Waals surface area contributed by atoms with Gasteiger partial charge in [-0.3, -0.25) is 0 Å². The van der Waals surface area contributed by atoms with E-state index in [0.29, 0.717) is 23.6 Å². The van der Waals surface area contributed by atoms with Crippen LogP contribution >= 0.6 is 23.4 Å². The summed E-state index contributed by atoms with van der Waals surface area (Å²) < 4.78 is 31.6. The number of thioether (sulfide) groups is 1. The van der Waals surface area contributed by atoms with Crippen LogP contribution in [0.3, 0.4) is 0 Å². The van der Waals surface area contributed by atoms with Gasteiger partial charge in [0.2, 0.25) is 10.0 Å². The third-order valence-corrected chi connectivity index (χ3v) is 5.65.